The zero-order valence-corrected chi connectivity index (χ0v) is 20.1. The number of hydrogen-bond acceptors (Lipinski definition) is 4. The Morgan fingerprint density at radius 3 is 2.14 bits per heavy atom. The van der Waals surface area contributed by atoms with E-state index in [1.807, 2.05) is 13.0 Å². The van der Waals surface area contributed by atoms with Gasteiger partial charge in [-0.25, -0.2) is 4.99 Å². The van der Waals surface area contributed by atoms with Crippen LogP contribution >= 0.6 is 24.0 Å². The van der Waals surface area contributed by atoms with Crippen molar-refractivity contribution in [2.45, 2.75) is 32.7 Å². The second-order valence-corrected chi connectivity index (χ2v) is 7.15. The molecule has 0 bridgehead atoms. The van der Waals surface area contributed by atoms with E-state index in [-0.39, 0.29) is 35.1 Å². The minimum absolute atomic E-state index is 0. The molecule has 0 unspecified atom stereocenters. The monoisotopic (exact) mass is 513 g/mol. The lowest BCUT2D eigenvalue weighted by Crippen LogP contribution is -2.43. The molecule has 0 spiro atoms. The van der Waals surface area contributed by atoms with Crippen LogP contribution < -0.4 is 20.1 Å². The van der Waals surface area contributed by atoms with Crippen molar-refractivity contribution in [1.29, 1.82) is 0 Å². The Kier molecular flexibility index (Phi) is 10.1. The van der Waals surface area contributed by atoms with Gasteiger partial charge in [0.2, 0.25) is 5.75 Å². The Labute approximate surface area is 190 Å². The molecular weight excluding hydrogens is 481 g/mol. The fourth-order valence-electron chi connectivity index (χ4n) is 2.85. The molecule has 0 radical (unpaired) electrons. The first kappa shape index (κ1) is 24.9. The van der Waals surface area contributed by atoms with E-state index >= 15 is 0 Å². The average Bonchev–Trinajstić information content (AvgIpc) is 2.71. The first-order chi connectivity index (χ1) is 13.4. The zero-order valence-electron chi connectivity index (χ0n) is 17.8. The molecule has 0 saturated heterocycles. The molecule has 0 aliphatic heterocycles. The Morgan fingerprint density at radius 2 is 1.62 bits per heavy atom. The number of nitrogens with one attached hydrogen (secondary N) is 2. The number of methoxy groups -OCH3 is 2. The first-order valence-electron chi connectivity index (χ1n) is 9.42. The largest absolute Gasteiger partial charge is 0.502 e. The topological polar surface area (TPSA) is 75.1 Å². The molecule has 29 heavy (non-hydrogen) atoms. The summed E-state index contributed by atoms with van der Waals surface area (Å²) in [6, 6.07) is 13.9. The second kappa shape index (κ2) is 11.7. The van der Waals surface area contributed by atoms with Crippen LogP contribution in [-0.4, -0.2) is 38.4 Å². The second-order valence-electron chi connectivity index (χ2n) is 7.15. The van der Waals surface area contributed by atoms with E-state index in [4.69, 9.17) is 9.47 Å². The highest BCUT2D eigenvalue weighted by Gasteiger charge is 2.20. The molecule has 3 N–H and O–H groups in total. The van der Waals surface area contributed by atoms with E-state index in [0.717, 1.165) is 24.6 Å². The van der Waals surface area contributed by atoms with E-state index < -0.39 is 0 Å². The number of ether oxygens (including phenoxy) is 2. The highest BCUT2D eigenvalue weighted by Crippen LogP contribution is 2.37. The molecule has 0 aliphatic rings. The van der Waals surface area contributed by atoms with Crippen LogP contribution in [0.3, 0.4) is 0 Å². The summed E-state index contributed by atoms with van der Waals surface area (Å²) in [4.78, 5) is 4.66. The molecule has 0 fully saturated rings. The maximum Gasteiger partial charge on any atom is 0.200 e. The van der Waals surface area contributed by atoms with Crippen molar-refractivity contribution >= 4 is 29.9 Å². The van der Waals surface area contributed by atoms with E-state index in [1.54, 1.807) is 12.1 Å². The van der Waals surface area contributed by atoms with Gasteiger partial charge in [-0.2, -0.15) is 0 Å². The van der Waals surface area contributed by atoms with Crippen molar-refractivity contribution < 1.29 is 14.6 Å². The van der Waals surface area contributed by atoms with Gasteiger partial charge in [0.25, 0.3) is 0 Å². The smallest absolute Gasteiger partial charge is 0.200 e. The van der Waals surface area contributed by atoms with E-state index in [2.05, 4.69) is 53.7 Å². The molecule has 0 atom stereocenters. The summed E-state index contributed by atoms with van der Waals surface area (Å²) in [5.41, 5.74) is 2.11. The minimum Gasteiger partial charge on any atom is -0.502 e. The van der Waals surface area contributed by atoms with Gasteiger partial charge in [-0.05, 0) is 30.2 Å². The van der Waals surface area contributed by atoms with Crippen molar-refractivity contribution in [2.75, 3.05) is 27.3 Å². The maximum absolute atomic E-state index is 10.0. The van der Waals surface area contributed by atoms with Crippen molar-refractivity contribution in [3.8, 4) is 17.2 Å². The van der Waals surface area contributed by atoms with Gasteiger partial charge >= 0.3 is 0 Å². The van der Waals surface area contributed by atoms with Crippen LogP contribution in [0, 0.1) is 0 Å². The SMILES string of the molecule is CCNC(=NCc1cc(OC)c(O)c(OC)c1)NCC(C)(C)c1ccccc1.I. The summed E-state index contributed by atoms with van der Waals surface area (Å²) in [6.07, 6.45) is 0. The van der Waals surface area contributed by atoms with Gasteiger partial charge in [0, 0.05) is 18.5 Å². The predicted molar refractivity (Wildman–Crippen MR) is 129 cm³/mol. The van der Waals surface area contributed by atoms with E-state index in [9.17, 15) is 5.11 Å². The third-order valence-corrected chi connectivity index (χ3v) is 4.56. The molecular formula is C22H32IN3O3. The minimum atomic E-state index is -0.0393. The van der Waals surface area contributed by atoms with Crippen LogP contribution in [0.15, 0.2) is 47.5 Å². The molecule has 2 aromatic carbocycles. The van der Waals surface area contributed by atoms with Gasteiger partial charge in [0.15, 0.2) is 17.5 Å². The highest BCUT2D eigenvalue weighted by molar-refractivity contribution is 14.0. The Bertz CT molecular complexity index is 770. The van der Waals surface area contributed by atoms with Crippen LogP contribution in [0.1, 0.15) is 31.9 Å². The summed E-state index contributed by atoms with van der Waals surface area (Å²) < 4.78 is 10.4. The molecule has 0 amide bonds. The number of nitrogens with zero attached hydrogens (tertiary/aromatic N) is 1. The van der Waals surface area contributed by atoms with Gasteiger partial charge < -0.3 is 25.2 Å². The van der Waals surface area contributed by atoms with Gasteiger partial charge in [0.05, 0.1) is 20.8 Å². The van der Waals surface area contributed by atoms with Crippen LogP contribution in [0.2, 0.25) is 0 Å². The van der Waals surface area contributed by atoms with Crippen LogP contribution in [0.4, 0.5) is 0 Å². The highest BCUT2D eigenvalue weighted by atomic mass is 127. The molecule has 2 aromatic rings. The Balaban J connectivity index is 0.00000420. The third-order valence-electron chi connectivity index (χ3n) is 4.56. The average molecular weight is 513 g/mol. The van der Waals surface area contributed by atoms with Crippen molar-refractivity contribution in [3.63, 3.8) is 0 Å². The Hall–Kier alpha value is -2.16. The molecule has 7 heteroatoms. The number of benzene rings is 2. The molecule has 2 rings (SSSR count). The van der Waals surface area contributed by atoms with Gasteiger partial charge in [-0.3, -0.25) is 0 Å². The van der Waals surface area contributed by atoms with Crippen LogP contribution in [-0.2, 0) is 12.0 Å². The van der Waals surface area contributed by atoms with E-state index in [0.29, 0.717) is 18.0 Å². The standard InChI is InChI=1S/C22H31N3O3.HI/c1-6-23-21(25-15-22(2,3)17-10-8-7-9-11-17)24-14-16-12-18(27-4)20(26)19(13-16)28-5;/h7-13,26H,6,14-15H2,1-5H3,(H2,23,24,25);1H. The lowest BCUT2D eigenvalue weighted by atomic mass is 9.85. The maximum atomic E-state index is 10.0. The number of aromatic hydroxyl groups is 1. The molecule has 0 saturated carbocycles. The molecule has 0 aromatic heterocycles. The molecule has 0 heterocycles. The number of phenols is 1. The third kappa shape index (κ3) is 6.99. The number of hydrogen-bond donors (Lipinski definition) is 3. The predicted octanol–water partition coefficient (Wildman–Crippen LogP) is 4.06. The molecule has 6 nitrogen and oxygen atoms in total. The fraction of sp³-hybridized carbons (Fsp3) is 0.409. The summed E-state index contributed by atoms with van der Waals surface area (Å²) >= 11 is 0. The summed E-state index contributed by atoms with van der Waals surface area (Å²) in [5.74, 6) is 1.46. The number of halogens is 1. The van der Waals surface area contributed by atoms with E-state index in [1.165, 1.54) is 19.8 Å². The number of aliphatic imine (C=N–C) groups is 1. The molecule has 160 valence electrons. The normalized spacial score (nSPS) is 11.4. The Morgan fingerprint density at radius 1 is 1.03 bits per heavy atom. The number of guanidine groups is 1. The first-order valence-corrected chi connectivity index (χ1v) is 9.42. The van der Waals surface area contributed by atoms with Crippen molar-refractivity contribution in [1.82, 2.24) is 10.6 Å². The lowest BCUT2D eigenvalue weighted by molar-refractivity contribution is 0.339. The van der Waals surface area contributed by atoms with Gasteiger partial charge in [0.1, 0.15) is 0 Å². The fourth-order valence-corrected chi connectivity index (χ4v) is 2.85. The van der Waals surface area contributed by atoms with Crippen LogP contribution in [0.5, 0.6) is 17.2 Å². The number of phenolic OH excluding ortho intramolecular Hbond substituents is 1. The van der Waals surface area contributed by atoms with Gasteiger partial charge in [-0.15, -0.1) is 24.0 Å². The summed E-state index contributed by atoms with van der Waals surface area (Å²) in [7, 11) is 3.03. The summed E-state index contributed by atoms with van der Waals surface area (Å²) in [5, 5.41) is 16.7. The van der Waals surface area contributed by atoms with Gasteiger partial charge in [-0.1, -0.05) is 44.2 Å². The zero-order chi connectivity index (χ0) is 20.6. The van der Waals surface area contributed by atoms with Crippen molar-refractivity contribution in [3.05, 3.63) is 53.6 Å². The van der Waals surface area contributed by atoms with Crippen LogP contribution in [0.25, 0.3) is 0 Å². The molecule has 0 aliphatic carbocycles. The van der Waals surface area contributed by atoms with Crippen molar-refractivity contribution in [2.24, 2.45) is 4.99 Å². The number of rotatable bonds is 8. The lowest BCUT2D eigenvalue weighted by Gasteiger charge is -2.26. The quantitative estimate of drug-likeness (QED) is 0.282. The summed E-state index contributed by atoms with van der Waals surface area (Å²) in [6.45, 7) is 8.37.